The Labute approximate surface area is 130 Å². The van der Waals surface area contributed by atoms with E-state index in [1.54, 1.807) is 13.1 Å². The summed E-state index contributed by atoms with van der Waals surface area (Å²) in [6, 6.07) is 4.93. The number of nitrogens with one attached hydrogen (secondary N) is 2. The number of rotatable bonds is 8. The third-order valence-electron chi connectivity index (χ3n) is 2.97. The molecule has 0 heterocycles. The third-order valence-corrected chi connectivity index (χ3v) is 3.66. The smallest absolute Gasteiger partial charge is 0.191 e. The molecule has 118 valence electrons. The molecule has 1 rings (SSSR count). The number of ether oxygens (including phenoxy) is 1. The van der Waals surface area contributed by atoms with E-state index < -0.39 is 0 Å². The van der Waals surface area contributed by atoms with E-state index in [1.807, 2.05) is 17.8 Å². The van der Waals surface area contributed by atoms with Crippen molar-refractivity contribution in [1.82, 2.24) is 10.6 Å². The van der Waals surface area contributed by atoms with Crippen molar-refractivity contribution < 1.29 is 9.13 Å². The van der Waals surface area contributed by atoms with Gasteiger partial charge in [-0.25, -0.2) is 4.39 Å². The molecule has 4 nitrogen and oxygen atoms in total. The number of unbranched alkanes of at least 4 members (excludes halogenated alkanes) is 1. The molecule has 0 amide bonds. The summed E-state index contributed by atoms with van der Waals surface area (Å²) in [4.78, 5) is 4.15. The Balaban J connectivity index is 2.36. The normalized spacial score (nSPS) is 11.3. The highest BCUT2D eigenvalue weighted by atomic mass is 32.2. The average Bonchev–Trinajstić information content (AvgIpc) is 2.50. The summed E-state index contributed by atoms with van der Waals surface area (Å²) in [5.74, 6) is 1.82. The topological polar surface area (TPSA) is 45.7 Å². The van der Waals surface area contributed by atoms with Crippen molar-refractivity contribution in [2.45, 2.75) is 19.4 Å². The van der Waals surface area contributed by atoms with Crippen LogP contribution in [0.1, 0.15) is 18.4 Å². The van der Waals surface area contributed by atoms with Crippen LogP contribution >= 0.6 is 11.8 Å². The first kappa shape index (κ1) is 17.6. The average molecular weight is 313 g/mol. The maximum absolute atomic E-state index is 13.6. The van der Waals surface area contributed by atoms with E-state index in [0.29, 0.717) is 6.54 Å². The minimum absolute atomic E-state index is 0.259. The summed E-state index contributed by atoms with van der Waals surface area (Å²) in [6.45, 7) is 1.41. The lowest BCUT2D eigenvalue weighted by atomic mass is 10.2. The predicted molar refractivity (Wildman–Crippen MR) is 88.8 cm³/mol. The molecular formula is C15H24FN3OS. The van der Waals surface area contributed by atoms with Gasteiger partial charge in [-0.1, -0.05) is 6.07 Å². The largest absolute Gasteiger partial charge is 0.494 e. The standard InChI is InChI=1S/C15H24FN3OS/c1-17-15(18-8-4-5-9-21-3)19-11-12-6-7-14(20-2)13(16)10-12/h6-7,10H,4-5,8-9,11H2,1-3H3,(H2,17,18,19). The molecule has 0 fully saturated rings. The quantitative estimate of drug-likeness (QED) is 0.440. The van der Waals surface area contributed by atoms with Crippen LogP contribution in [0.15, 0.2) is 23.2 Å². The highest BCUT2D eigenvalue weighted by Crippen LogP contribution is 2.17. The minimum Gasteiger partial charge on any atom is -0.494 e. The van der Waals surface area contributed by atoms with Gasteiger partial charge in [0.1, 0.15) is 0 Å². The molecule has 0 spiro atoms. The van der Waals surface area contributed by atoms with E-state index in [-0.39, 0.29) is 11.6 Å². The van der Waals surface area contributed by atoms with Crippen molar-refractivity contribution in [3.8, 4) is 5.75 Å². The van der Waals surface area contributed by atoms with Gasteiger partial charge in [-0.05, 0) is 42.5 Å². The lowest BCUT2D eigenvalue weighted by Gasteiger charge is -2.12. The Bertz CT molecular complexity index is 455. The second-order valence-electron chi connectivity index (χ2n) is 4.52. The highest BCUT2D eigenvalue weighted by Gasteiger charge is 2.04. The third kappa shape index (κ3) is 6.71. The summed E-state index contributed by atoms with van der Waals surface area (Å²) in [5, 5.41) is 6.41. The molecule has 0 aliphatic heterocycles. The van der Waals surface area contributed by atoms with E-state index in [1.165, 1.54) is 25.3 Å². The molecule has 21 heavy (non-hydrogen) atoms. The van der Waals surface area contributed by atoms with Crippen LogP contribution in [-0.4, -0.2) is 38.7 Å². The van der Waals surface area contributed by atoms with Crippen molar-refractivity contribution >= 4 is 17.7 Å². The first-order valence-corrected chi connectivity index (χ1v) is 8.36. The van der Waals surface area contributed by atoms with E-state index in [2.05, 4.69) is 21.9 Å². The first-order chi connectivity index (χ1) is 10.2. The van der Waals surface area contributed by atoms with E-state index >= 15 is 0 Å². The Hall–Kier alpha value is -1.43. The van der Waals surface area contributed by atoms with Gasteiger partial charge in [-0.2, -0.15) is 11.8 Å². The first-order valence-electron chi connectivity index (χ1n) is 6.97. The van der Waals surface area contributed by atoms with Gasteiger partial charge in [0.25, 0.3) is 0 Å². The van der Waals surface area contributed by atoms with Crippen LogP contribution < -0.4 is 15.4 Å². The molecule has 0 atom stereocenters. The second-order valence-corrected chi connectivity index (χ2v) is 5.51. The van der Waals surface area contributed by atoms with Crippen LogP contribution in [0, 0.1) is 5.82 Å². The van der Waals surface area contributed by atoms with E-state index in [0.717, 1.165) is 24.5 Å². The minimum atomic E-state index is -0.350. The molecule has 1 aromatic rings. The molecule has 0 aliphatic rings. The van der Waals surface area contributed by atoms with Crippen LogP contribution in [0.5, 0.6) is 5.75 Å². The SMILES string of the molecule is CN=C(NCCCCSC)NCc1ccc(OC)c(F)c1. The van der Waals surface area contributed by atoms with Gasteiger partial charge < -0.3 is 15.4 Å². The van der Waals surface area contributed by atoms with Crippen LogP contribution in [0.25, 0.3) is 0 Å². The van der Waals surface area contributed by atoms with Crippen LogP contribution in [0.3, 0.4) is 0 Å². The number of nitrogens with zero attached hydrogens (tertiary/aromatic N) is 1. The zero-order valence-corrected chi connectivity index (χ0v) is 13.7. The van der Waals surface area contributed by atoms with E-state index in [9.17, 15) is 4.39 Å². The van der Waals surface area contributed by atoms with Gasteiger partial charge in [0.2, 0.25) is 0 Å². The van der Waals surface area contributed by atoms with Crippen molar-refractivity contribution in [2.75, 3.05) is 32.7 Å². The van der Waals surface area contributed by atoms with E-state index in [4.69, 9.17) is 4.74 Å². The summed E-state index contributed by atoms with van der Waals surface area (Å²) in [6.07, 6.45) is 4.41. The zero-order chi connectivity index (χ0) is 15.5. The molecule has 0 bridgehead atoms. The van der Waals surface area contributed by atoms with Crippen LogP contribution in [0.2, 0.25) is 0 Å². The Morgan fingerprint density at radius 1 is 1.33 bits per heavy atom. The van der Waals surface area contributed by atoms with Crippen LogP contribution in [-0.2, 0) is 6.54 Å². The van der Waals surface area contributed by atoms with Crippen molar-refractivity contribution in [3.05, 3.63) is 29.6 Å². The zero-order valence-electron chi connectivity index (χ0n) is 12.9. The summed E-state index contributed by atoms with van der Waals surface area (Å²) in [7, 11) is 3.19. The van der Waals surface area contributed by atoms with Crippen molar-refractivity contribution in [2.24, 2.45) is 4.99 Å². The molecular weight excluding hydrogens is 289 g/mol. The number of aliphatic imine (C=N–C) groups is 1. The summed E-state index contributed by atoms with van der Waals surface area (Å²) >= 11 is 1.86. The number of hydrogen-bond donors (Lipinski definition) is 2. The lowest BCUT2D eigenvalue weighted by molar-refractivity contribution is 0.386. The van der Waals surface area contributed by atoms with Crippen molar-refractivity contribution in [1.29, 1.82) is 0 Å². The fourth-order valence-electron chi connectivity index (χ4n) is 1.80. The Morgan fingerprint density at radius 2 is 2.14 bits per heavy atom. The van der Waals surface area contributed by atoms with Gasteiger partial charge in [0.15, 0.2) is 17.5 Å². The molecule has 1 aromatic carbocycles. The number of thioether (sulfide) groups is 1. The molecule has 0 unspecified atom stereocenters. The number of hydrogen-bond acceptors (Lipinski definition) is 3. The Morgan fingerprint density at radius 3 is 2.76 bits per heavy atom. The molecule has 0 saturated carbocycles. The van der Waals surface area contributed by atoms with Gasteiger partial charge in [0.05, 0.1) is 7.11 Å². The lowest BCUT2D eigenvalue weighted by Crippen LogP contribution is -2.37. The molecule has 6 heteroatoms. The van der Waals surface area contributed by atoms with Gasteiger partial charge in [-0.15, -0.1) is 0 Å². The number of halogens is 1. The van der Waals surface area contributed by atoms with Gasteiger partial charge in [-0.3, -0.25) is 4.99 Å². The molecule has 0 saturated heterocycles. The maximum atomic E-state index is 13.6. The number of benzene rings is 1. The molecule has 0 radical (unpaired) electrons. The molecule has 0 aromatic heterocycles. The number of guanidine groups is 1. The predicted octanol–water partition coefficient (Wildman–Crippen LogP) is 2.64. The Kier molecular flexibility index (Phi) is 8.66. The fourth-order valence-corrected chi connectivity index (χ4v) is 2.30. The number of methoxy groups -OCH3 is 1. The van der Waals surface area contributed by atoms with Crippen molar-refractivity contribution in [3.63, 3.8) is 0 Å². The van der Waals surface area contributed by atoms with Gasteiger partial charge in [0, 0.05) is 20.1 Å². The second kappa shape index (κ2) is 10.3. The molecule has 2 N–H and O–H groups in total. The van der Waals surface area contributed by atoms with Gasteiger partial charge >= 0.3 is 0 Å². The summed E-state index contributed by atoms with van der Waals surface area (Å²) in [5.41, 5.74) is 0.846. The monoisotopic (exact) mass is 313 g/mol. The highest BCUT2D eigenvalue weighted by molar-refractivity contribution is 7.98. The maximum Gasteiger partial charge on any atom is 0.191 e. The fraction of sp³-hybridized carbons (Fsp3) is 0.533. The van der Waals surface area contributed by atoms with Crippen LogP contribution in [0.4, 0.5) is 4.39 Å². The summed E-state index contributed by atoms with van der Waals surface area (Å²) < 4.78 is 18.5. The molecule has 0 aliphatic carbocycles.